The van der Waals surface area contributed by atoms with Crippen LogP contribution in [0.15, 0.2) is 23.1 Å². The minimum atomic E-state index is -0.355. The summed E-state index contributed by atoms with van der Waals surface area (Å²) < 4.78 is 18.2. The molecule has 14 heavy (non-hydrogen) atoms. The zero-order valence-electron chi connectivity index (χ0n) is 8.13. The third-order valence-electron chi connectivity index (χ3n) is 1.67. The maximum Gasteiger partial charge on any atom is 0.147 e. The molecule has 1 aromatic carbocycles. The van der Waals surface area contributed by atoms with Crippen molar-refractivity contribution in [3.63, 3.8) is 0 Å². The molecular formula is C10H14FNOS. The Labute approximate surface area is 87.6 Å². The third kappa shape index (κ3) is 3.55. The van der Waals surface area contributed by atoms with Crippen molar-refractivity contribution in [1.82, 2.24) is 0 Å². The van der Waals surface area contributed by atoms with Gasteiger partial charge in [0.05, 0.1) is 12.3 Å². The normalized spacial score (nSPS) is 10.4. The molecule has 0 aliphatic heterocycles. The van der Waals surface area contributed by atoms with Gasteiger partial charge in [-0.1, -0.05) is 0 Å². The predicted octanol–water partition coefficient (Wildman–Crippen LogP) is 2.54. The van der Waals surface area contributed by atoms with E-state index in [9.17, 15) is 4.39 Å². The Hall–Kier alpha value is -0.740. The van der Waals surface area contributed by atoms with E-state index >= 15 is 0 Å². The minimum absolute atomic E-state index is 0.194. The summed E-state index contributed by atoms with van der Waals surface area (Å²) in [5.74, 6) is 0.475. The lowest BCUT2D eigenvalue weighted by Crippen LogP contribution is -1.96. The molecule has 0 amide bonds. The van der Waals surface area contributed by atoms with E-state index in [-0.39, 0.29) is 11.5 Å². The van der Waals surface area contributed by atoms with E-state index in [1.54, 1.807) is 17.8 Å². The maximum atomic E-state index is 13.0. The highest BCUT2D eigenvalue weighted by molar-refractivity contribution is 7.99. The predicted molar refractivity (Wildman–Crippen MR) is 58.0 cm³/mol. The van der Waals surface area contributed by atoms with E-state index in [1.807, 2.05) is 13.0 Å². The Morgan fingerprint density at radius 2 is 2.29 bits per heavy atom. The van der Waals surface area contributed by atoms with E-state index in [2.05, 4.69) is 0 Å². The molecule has 0 aromatic heterocycles. The Morgan fingerprint density at radius 3 is 2.93 bits per heavy atom. The van der Waals surface area contributed by atoms with Gasteiger partial charge < -0.3 is 10.5 Å². The van der Waals surface area contributed by atoms with Gasteiger partial charge in [-0.25, -0.2) is 4.39 Å². The van der Waals surface area contributed by atoms with E-state index in [0.717, 1.165) is 17.3 Å². The average Bonchev–Trinajstić information content (AvgIpc) is 2.18. The second kappa shape index (κ2) is 5.88. The first kappa shape index (κ1) is 11.3. The number of nitrogens with two attached hydrogens (primary N) is 1. The molecule has 0 aliphatic carbocycles. The van der Waals surface area contributed by atoms with Crippen LogP contribution in [0.3, 0.4) is 0 Å². The smallest absolute Gasteiger partial charge is 0.147 e. The number of benzene rings is 1. The standard InChI is InChI=1S/C10H14FNOS/c1-2-13-5-6-14-8-3-4-10(12)9(11)7-8/h3-4,7H,2,5-6,12H2,1H3. The Kier molecular flexibility index (Phi) is 4.76. The van der Waals surface area contributed by atoms with Gasteiger partial charge in [0.15, 0.2) is 0 Å². The first-order chi connectivity index (χ1) is 6.74. The first-order valence-corrected chi connectivity index (χ1v) is 5.48. The van der Waals surface area contributed by atoms with Crippen LogP contribution in [0.25, 0.3) is 0 Å². The number of hydrogen-bond acceptors (Lipinski definition) is 3. The number of ether oxygens (including phenoxy) is 1. The van der Waals surface area contributed by atoms with Crippen LogP contribution in [-0.4, -0.2) is 19.0 Å². The van der Waals surface area contributed by atoms with E-state index < -0.39 is 0 Å². The molecule has 0 atom stereocenters. The zero-order valence-corrected chi connectivity index (χ0v) is 8.94. The van der Waals surface area contributed by atoms with Gasteiger partial charge in [0.25, 0.3) is 0 Å². The summed E-state index contributed by atoms with van der Waals surface area (Å²) in [6.07, 6.45) is 0. The molecule has 2 nitrogen and oxygen atoms in total. The number of nitrogen functional groups attached to an aromatic ring is 1. The molecule has 78 valence electrons. The molecule has 0 fully saturated rings. The lowest BCUT2D eigenvalue weighted by Gasteiger charge is -2.03. The Morgan fingerprint density at radius 1 is 1.50 bits per heavy atom. The van der Waals surface area contributed by atoms with Crippen molar-refractivity contribution in [1.29, 1.82) is 0 Å². The van der Waals surface area contributed by atoms with Crippen LogP contribution in [0.5, 0.6) is 0 Å². The number of thioether (sulfide) groups is 1. The van der Waals surface area contributed by atoms with E-state index in [1.165, 1.54) is 6.07 Å². The van der Waals surface area contributed by atoms with Crippen molar-refractivity contribution >= 4 is 17.4 Å². The van der Waals surface area contributed by atoms with Crippen LogP contribution >= 0.6 is 11.8 Å². The Balaban J connectivity index is 2.39. The summed E-state index contributed by atoms with van der Waals surface area (Å²) in [5, 5.41) is 0. The van der Waals surface area contributed by atoms with Crippen molar-refractivity contribution in [2.75, 3.05) is 24.7 Å². The number of anilines is 1. The summed E-state index contributed by atoms with van der Waals surface area (Å²) in [5.41, 5.74) is 5.55. The van der Waals surface area contributed by atoms with Crippen molar-refractivity contribution in [2.24, 2.45) is 0 Å². The fourth-order valence-electron chi connectivity index (χ4n) is 0.960. The zero-order chi connectivity index (χ0) is 10.4. The molecule has 1 aromatic rings. The van der Waals surface area contributed by atoms with Crippen molar-refractivity contribution in [3.05, 3.63) is 24.0 Å². The summed E-state index contributed by atoms with van der Waals surface area (Å²) in [7, 11) is 0. The molecule has 0 saturated heterocycles. The van der Waals surface area contributed by atoms with Gasteiger partial charge >= 0.3 is 0 Å². The van der Waals surface area contributed by atoms with E-state index in [0.29, 0.717) is 6.61 Å². The largest absolute Gasteiger partial charge is 0.396 e. The molecule has 1 rings (SSSR count). The molecule has 0 heterocycles. The fourth-order valence-corrected chi connectivity index (χ4v) is 1.75. The van der Waals surface area contributed by atoms with Gasteiger partial charge in [0.2, 0.25) is 0 Å². The lowest BCUT2D eigenvalue weighted by molar-refractivity contribution is 0.164. The highest BCUT2D eigenvalue weighted by atomic mass is 32.2. The molecule has 0 spiro atoms. The summed E-state index contributed by atoms with van der Waals surface area (Å²) in [4.78, 5) is 0.886. The van der Waals surface area contributed by atoms with Gasteiger partial charge in [-0.3, -0.25) is 0 Å². The van der Waals surface area contributed by atoms with Crippen LogP contribution in [0.2, 0.25) is 0 Å². The van der Waals surface area contributed by atoms with Crippen LogP contribution in [-0.2, 0) is 4.74 Å². The molecular weight excluding hydrogens is 201 g/mol. The molecule has 0 bridgehead atoms. The van der Waals surface area contributed by atoms with Crippen molar-refractivity contribution < 1.29 is 9.13 Å². The highest BCUT2D eigenvalue weighted by Gasteiger charge is 2.00. The van der Waals surface area contributed by atoms with Crippen LogP contribution in [0, 0.1) is 5.82 Å². The second-order valence-electron chi connectivity index (χ2n) is 2.73. The number of hydrogen-bond donors (Lipinski definition) is 1. The summed E-state index contributed by atoms with van der Waals surface area (Å²) >= 11 is 1.56. The third-order valence-corrected chi connectivity index (χ3v) is 2.63. The lowest BCUT2D eigenvalue weighted by atomic mass is 10.3. The van der Waals surface area contributed by atoms with Crippen LogP contribution in [0.1, 0.15) is 6.92 Å². The fraction of sp³-hybridized carbons (Fsp3) is 0.400. The molecule has 2 N–H and O–H groups in total. The number of rotatable bonds is 5. The average molecular weight is 215 g/mol. The summed E-state index contributed by atoms with van der Waals surface area (Å²) in [6.45, 7) is 3.36. The van der Waals surface area contributed by atoms with Gasteiger partial charge in [0, 0.05) is 17.3 Å². The summed E-state index contributed by atoms with van der Waals surface area (Å²) in [6, 6.07) is 4.85. The first-order valence-electron chi connectivity index (χ1n) is 4.49. The van der Waals surface area contributed by atoms with Gasteiger partial charge in [0.1, 0.15) is 5.82 Å². The van der Waals surface area contributed by atoms with Crippen LogP contribution < -0.4 is 5.73 Å². The molecule has 0 radical (unpaired) electrons. The monoisotopic (exact) mass is 215 g/mol. The number of halogens is 1. The topological polar surface area (TPSA) is 35.2 Å². The van der Waals surface area contributed by atoms with Crippen LogP contribution in [0.4, 0.5) is 10.1 Å². The van der Waals surface area contributed by atoms with Crippen molar-refractivity contribution in [3.8, 4) is 0 Å². The SMILES string of the molecule is CCOCCSc1ccc(N)c(F)c1. The quantitative estimate of drug-likeness (QED) is 0.466. The second-order valence-corrected chi connectivity index (χ2v) is 3.90. The van der Waals surface area contributed by atoms with Gasteiger partial charge in [-0.15, -0.1) is 11.8 Å². The molecule has 0 saturated carbocycles. The molecule has 0 aliphatic rings. The van der Waals surface area contributed by atoms with Gasteiger partial charge in [-0.2, -0.15) is 0 Å². The van der Waals surface area contributed by atoms with Crippen molar-refractivity contribution in [2.45, 2.75) is 11.8 Å². The molecule has 4 heteroatoms. The Bertz CT molecular complexity index is 293. The molecule has 0 unspecified atom stereocenters. The highest BCUT2D eigenvalue weighted by Crippen LogP contribution is 2.21. The maximum absolute atomic E-state index is 13.0. The van der Waals surface area contributed by atoms with E-state index in [4.69, 9.17) is 10.5 Å². The van der Waals surface area contributed by atoms with Gasteiger partial charge in [-0.05, 0) is 25.1 Å². The minimum Gasteiger partial charge on any atom is -0.396 e.